The number of hydrogen-bond donors (Lipinski definition) is 0. The number of hydrogen-bond acceptors (Lipinski definition) is 6. The summed E-state index contributed by atoms with van der Waals surface area (Å²) in [6.07, 6.45) is -2.46. The monoisotopic (exact) mass is 565 g/mol. The largest absolute Gasteiger partial charge is 0.416 e. The molecule has 216 valence electrons. The Labute approximate surface area is 237 Å². The minimum atomic E-state index is -4.49. The van der Waals surface area contributed by atoms with Gasteiger partial charge in [0.15, 0.2) is 0 Å². The van der Waals surface area contributed by atoms with E-state index in [9.17, 15) is 18.0 Å². The Balaban J connectivity index is 1.49. The Bertz CT molecular complexity index is 1500. The molecule has 1 atom stereocenters. The fourth-order valence-corrected chi connectivity index (χ4v) is 5.41. The van der Waals surface area contributed by atoms with Gasteiger partial charge in [-0.15, -0.1) is 0 Å². The molecule has 1 amide bonds. The van der Waals surface area contributed by atoms with Crippen LogP contribution in [-0.4, -0.2) is 52.1 Å². The molecule has 0 radical (unpaired) electrons. The number of carbonyl (C=O) groups excluding carboxylic acids is 1. The van der Waals surface area contributed by atoms with Crippen LogP contribution in [0.25, 0.3) is 22.4 Å². The second-order valence-electron chi connectivity index (χ2n) is 10.9. The van der Waals surface area contributed by atoms with E-state index >= 15 is 0 Å². The molecular formula is C31H34F3N5O2. The number of carbonyl (C=O) groups is 1. The van der Waals surface area contributed by atoms with Gasteiger partial charge in [-0.25, -0.2) is 4.98 Å². The average molecular weight is 566 g/mol. The summed E-state index contributed by atoms with van der Waals surface area (Å²) < 4.78 is 46.1. The Morgan fingerprint density at radius 3 is 2.49 bits per heavy atom. The van der Waals surface area contributed by atoms with Crippen molar-refractivity contribution in [2.75, 3.05) is 31.1 Å². The van der Waals surface area contributed by atoms with Gasteiger partial charge in [0.25, 0.3) is 5.71 Å². The van der Waals surface area contributed by atoms with E-state index in [0.717, 1.165) is 17.7 Å². The van der Waals surface area contributed by atoms with Gasteiger partial charge in [-0.3, -0.25) is 4.79 Å². The topological polar surface area (TPSA) is 75.4 Å². The van der Waals surface area contributed by atoms with Crippen molar-refractivity contribution >= 4 is 22.8 Å². The molecule has 4 aromatic rings. The molecule has 0 spiro atoms. The lowest BCUT2D eigenvalue weighted by Crippen LogP contribution is -2.38. The van der Waals surface area contributed by atoms with Gasteiger partial charge < -0.3 is 14.3 Å². The average Bonchev–Trinajstić information content (AvgIpc) is 3.21. The smallest absolute Gasteiger partial charge is 0.354 e. The van der Waals surface area contributed by atoms with Crippen LogP contribution >= 0.6 is 0 Å². The number of aromatic nitrogens is 3. The third-order valence-corrected chi connectivity index (χ3v) is 7.43. The first-order valence-corrected chi connectivity index (χ1v) is 14.1. The Morgan fingerprint density at radius 1 is 1.00 bits per heavy atom. The first-order chi connectivity index (χ1) is 19.7. The number of alkyl halides is 3. The Hall–Kier alpha value is -3.95. The maximum Gasteiger partial charge on any atom is 0.416 e. The van der Waals surface area contributed by atoms with Crippen LogP contribution < -0.4 is 4.90 Å². The molecular weight excluding hydrogens is 531 g/mol. The zero-order valence-electron chi connectivity index (χ0n) is 23.5. The number of halogens is 3. The van der Waals surface area contributed by atoms with Gasteiger partial charge in [0.1, 0.15) is 22.7 Å². The van der Waals surface area contributed by atoms with Crippen molar-refractivity contribution in [3.05, 3.63) is 71.5 Å². The summed E-state index contributed by atoms with van der Waals surface area (Å²) >= 11 is 0. The van der Waals surface area contributed by atoms with E-state index < -0.39 is 11.7 Å². The summed E-state index contributed by atoms with van der Waals surface area (Å²) in [5.41, 5.74) is 1.03. The summed E-state index contributed by atoms with van der Waals surface area (Å²) in [5.74, 6) is 1.33. The van der Waals surface area contributed by atoms with E-state index in [1.807, 2.05) is 42.2 Å². The third kappa shape index (κ3) is 6.21. The van der Waals surface area contributed by atoms with E-state index in [2.05, 4.69) is 28.9 Å². The number of amides is 1. The van der Waals surface area contributed by atoms with E-state index in [-0.39, 0.29) is 34.7 Å². The Kier molecular flexibility index (Phi) is 8.28. The summed E-state index contributed by atoms with van der Waals surface area (Å²) in [6, 6.07) is 14.9. The summed E-state index contributed by atoms with van der Waals surface area (Å²) in [5, 5.41) is 4.64. The molecule has 0 aliphatic carbocycles. The second kappa shape index (κ2) is 11.9. The highest BCUT2D eigenvalue weighted by atomic mass is 19.4. The van der Waals surface area contributed by atoms with Crippen LogP contribution in [0.3, 0.4) is 0 Å². The van der Waals surface area contributed by atoms with Crippen molar-refractivity contribution in [3.63, 3.8) is 0 Å². The SMILES string of the molecule is CC[C@H](C(=O)N1CCCN(c2nc(CC(C)C)nc3onc(-c4cccc(C(F)(F)F)c4)c23)CC1)c1ccccc1. The summed E-state index contributed by atoms with van der Waals surface area (Å²) in [4.78, 5) is 27.0. The van der Waals surface area contributed by atoms with Crippen molar-refractivity contribution in [1.82, 2.24) is 20.0 Å². The highest BCUT2D eigenvalue weighted by Gasteiger charge is 2.32. The Morgan fingerprint density at radius 2 is 1.78 bits per heavy atom. The minimum absolute atomic E-state index is 0.100. The van der Waals surface area contributed by atoms with Crippen LogP contribution in [0, 0.1) is 5.92 Å². The molecule has 0 bridgehead atoms. The molecule has 7 nitrogen and oxygen atoms in total. The molecule has 2 aromatic heterocycles. The number of fused-ring (bicyclic) bond motifs is 1. The molecule has 10 heteroatoms. The van der Waals surface area contributed by atoms with Gasteiger partial charge in [0.05, 0.1) is 11.5 Å². The number of anilines is 1. The van der Waals surface area contributed by atoms with Crippen LogP contribution in [0.4, 0.5) is 19.0 Å². The lowest BCUT2D eigenvalue weighted by atomic mass is 9.95. The summed E-state index contributed by atoms with van der Waals surface area (Å²) in [7, 11) is 0. The van der Waals surface area contributed by atoms with Crippen LogP contribution in [0.15, 0.2) is 59.1 Å². The molecule has 3 heterocycles. The standard InChI is InChI=1S/C31H34F3N5O2/c1-4-24(21-10-6-5-7-11-21)30(40)39-15-9-14-38(16-17-39)28-26-27(22-12-8-13-23(19-22)31(32,33)34)37-41-29(26)36-25(35-28)18-20(2)3/h5-8,10-13,19-20,24H,4,9,14-18H2,1-3H3/t24-/m0/s1. The van der Waals surface area contributed by atoms with Crippen molar-refractivity contribution in [1.29, 1.82) is 0 Å². The van der Waals surface area contributed by atoms with Gasteiger partial charge in [0, 0.05) is 38.2 Å². The molecule has 41 heavy (non-hydrogen) atoms. The molecule has 5 rings (SSSR count). The fraction of sp³-hybridized carbons (Fsp3) is 0.419. The number of nitrogens with zero attached hydrogens (tertiary/aromatic N) is 5. The van der Waals surface area contributed by atoms with Crippen molar-refractivity contribution in [2.45, 2.75) is 52.1 Å². The predicted molar refractivity (Wildman–Crippen MR) is 151 cm³/mol. The zero-order valence-corrected chi connectivity index (χ0v) is 23.5. The maximum absolute atomic E-state index is 13.6. The molecule has 0 unspecified atom stereocenters. The van der Waals surface area contributed by atoms with Crippen molar-refractivity contribution in [3.8, 4) is 11.3 Å². The highest BCUT2D eigenvalue weighted by Crippen LogP contribution is 2.37. The van der Waals surface area contributed by atoms with Crippen LogP contribution in [0.2, 0.25) is 0 Å². The molecule has 1 aliphatic rings. The number of rotatable bonds is 7. The van der Waals surface area contributed by atoms with Gasteiger partial charge >= 0.3 is 6.18 Å². The number of benzene rings is 2. The molecule has 1 saturated heterocycles. The first-order valence-electron chi connectivity index (χ1n) is 14.1. The molecule has 0 saturated carbocycles. The zero-order chi connectivity index (χ0) is 29.1. The van der Waals surface area contributed by atoms with Crippen molar-refractivity contribution in [2.24, 2.45) is 5.92 Å². The van der Waals surface area contributed by atoms with Crippen LogP contribution in [0.5, 0.6) is 0 Å². The first kappa shape index (κ1) is 28.6. The highest BCUT2D eigenvalue weighted by molar-refractivity contribution is 5.98. The maximum atomic E-state index is 13.6. The fourth-order valence-electron chi connectivity index (χ4n) is 5.41. The lowest BCUT2D eigenvalue weighted by Gasteiger charge is -2.26. The summed E-state index contributed by atoms with van der Waals surface area (Å²) in [6.45, 7) is 8.38. The van der Waals surface area contributed by atoms with Gasteiger partial charge in [-0.2, -0.15) is 18.2 Å². The molecule has 1 aliphatic heterocycles. The molecule has 1 fully saturated rings. The van der Waals surface area contributed by atoms with E-state index in [0.29, 0.717) is 62.5 Å². The van der Waals surface area contributed by atoms with Gasteiger partial charge in [-0.05, 0) is 36.5 Å². The van der Waals surface area contributed by atoms with E-state index in [4.69, 9.17) is 9.51 Å². The normalized spacial score (nSPS) is 15.4. The minimum Gasteiger partial charge on any atom is -0.354 e. The molecule has 0 N–H and O–H groups in total. The molecule has 2 aromatic carbocycles. The van der Waals surface area contributed by atoms with Crippen LogP contribution in [0.1, 0.15) is 56.5 Å². The predicted octanol–water partition coefficient (Wildman–Crippen LogP) is 6.73. The third-order valence-electron chi connectivity index (χ3n) is 7.43. The quantitative estimate of drug-likeness (QED) is 0.247. The van der Waals surface area contributed by atoms with Gasteiger partial charge in [0.2, 0.25) is 5.91 Å². The van der Waals surface area contributed by atoms with E-state index in [1.165, 1.54) is 6.07 Å². The lowest BCUT2D eigenvalue weighted by molar-refractivity contribution is -0.137. The van der Waals surface area contributed by atoms with Gasteiger partial charge in [-0.1, -0.05) is 68.4 Å². The van der Waals surface area contributed by atoms with E-state index in [1.54, 1.807) is 6.07 Å². The van der Waals surface area contributed by atoms with Crippen LogP contribution in [-0.2, 0) is 17.4 Å². The van der Waals surface area contributed by atoms with Crippen molar-refractivity contribution < 1.29 is 22.5 Å². The second-order valence-corrected chi connectivity index (χ2v) is 10.9.